The number of hydrogen-bond acceptors (Lipinski definition) is 4. The highest BCUT2D eigenvalue weighted by atomic mass is 16.4. The van der Waals surface area contributed by atoms with Gasteiger partial charge in [0.2, 0.25) is 0 Å². The number of benzene rings is 1. The van der Waals surface area contributed by atoms with E-state index < -0.39 is 12.0 Å². The molecule has 1 saturated heterocycles. The zero-order valence-electron chi connectivity index (χ0n) is 7.40. The molecule has 5 nitrogen and oxygen atoms in total. The molecule has 2 atom stereocenters. The molecule has 0 radical (unpaired) electrons. The van der Waals surface area contributed by atoms with E-state index in [1.54, 1.807) is 0 Å². The van der Waals surface area contributed by atoms with Gasteiger partial charge in [-0.2, -0.15) is 5.53 Å². The number of carbonyl (C=O) groups is 1. The minimum absolute atomic E-state index is 0.242. The lowest BCUT2D eigenvalue weighted by Gasteiger charge is -2.13. The fraction of sp³-hybridized carbons (Fsp3) is 0.222. The first-order valence-electron chi connectivity index (χ1n) is 4.33. The van der Waals surface area contributed by atoms with Crippen molar-refractivity contribution < 1.29 is 9.90 Å². The molecule has 2 unspecified atom stereocenters. The summed E-state index contributed by atoms with van der Waals surface area (Å²) in [5.41, 5.74) is 9.07. The molecule has 4 N–H and O–H groups in total. The third kappa shape index (κ3) is 1.60. The van der Waals surface area contributed by atoms with E-state index in [4.69, 9.17) is 5.11 Å². The van der Waals surface area contributed by atoms with Gasteiger partial charge in [0.15, 0.2) is 0 Å². The molecule has 1 heterocycles. The molecule has 0 saturated carbocycles. The zero-order chi connectivity index (χ0) is 9.97. The van der Waals surface area contributed by atoms with Gasteiger partial charge in [-0.25, -0.2) is 10.9 Å². The van der Waals surface area contributed by atoms with Crippen LogP contribution in [0.1, 0.15) is 11.6 Å². The van der Waals surface area contributed by atoms with Crippen molar-refractivity contribution >= 4 is 5.97 Å². The van der Waals surface area contributed by atoms with Crippen molar-refractivity contribution in [2.24, 2.45) is 0 Å². The molecule has 0 amide bonds. The summed E-state index contributed by atoms with van der Waals surface area (Å²) in [6.45, 7) is 0. The van der Waals surface area contributed by atoms with Crippen LogP contribution in [0.2, 0.25) is 0 Å². The Morgan fingerprint density at radius 1 is 1.21 bits per heavy atom. The maximum atomic E-state index is 10.8. The Labute approximate surface area is 81.1 Å². The van der Waals surface area contributed by atoms with Crippen LogP contribution in [0.15, 0.2) is 30.3 Å². The first-order chi connectivity index (χ1) is 6.79. The smallest absolute Gasteiger partial charge is 0.324 e. The van der Waals surface area contributed by atoms with Gasteiger partial charge in [-0.05, 0) is 5.56 Å². The molecule has 5 heteroatoms. The number of carboxylic acid groups (broad SMARTS) is 1. The summed E-state index contributed by atoms with van der Waals surface area (Å²) in [7, 11) is 0. The van der Waals surface area contributed by atoms with Crippen molar-refractivity contribution in [1.29, 1.82) is 0 Å². The molecule has 1 aliphatic rings. The standard InChI is InChI=1S/C9H11N3O2/c13-9(14)8-7(10-12-11-8)6-4-2-1-3-5-6/h1-5,7-8,10-12H,(H,13,14). The van der Waals surface area contributed by atoms with Crippen LogP contribution in [-0.4, -0.2) is 17.1 Å². The molecule has 14 heavy (non-hydrogen) atoms. The van der Waals surface area contributed by atoms with Gasteiger partial charge in [-0.15, -0.1) is 0 Å². The van der Waals surface area contributed by atoms with Crippen LogP contribution in [0.25, 0.3) is 0 Å². The molecule has 1 aromatic rings. The second-order valence-electron chi connectivity index (χ2n) is 3.12. The Morgan fingerprint density at radius 2 is 1.93 bits per heavy atom. The molecule has 1 fully saturated rings. The summed E-state index contributed by atoms with van der Waals surface area (Å²) in [4.78, 5) is 10.8. The molecule has 0 bridgehead atoms. The van der Waals surface area contributed by atoms with Crippen LogP contribution in [0.4, 0.5) is 0 Å². The predicted octanol–water partition coefficient (Wildman–Crippen LogP) is -0.207. The van der Waals surface area contributed by atoms with Crippen LogP contribution in [0.5, 0.6) is 0 Å². The third-order valence-electron chi connectivity index (χ3n) is 2.21. The summed E-state index contributed by atoms with van der Waals surface area (Å²) < 4.78 is 0. The van der Waals surface area contributed by atoms with E-state index in [0.717, 1.165) is 5.56 Å². The molecule has 1 aromatic carbocycles. The highest BCUT2D eigenvalue weighted by Crippen LogP contribution is 2.18. The summed E-state index contributed by atoms with van der Waals surface area (Å²) in [6.07, 6.45) is 0. The summed E-state index contributed by atoms with van der Waals surface area (Å²) in [5, 5.41) is 8.90. The van der Waals surface area contributed by atoms with Gasteiger partial charge >= 0.3 is 5.97 Å². The van der Waals surface area contributed by atoms with Crippen molar-refractivity contribution in [1.82, 2.24) is 16.4 Å². The van der Waals surface area contributed by atoms with E-state index in [2.05, 4.69) is 16.4 Å². The first-order valence-corrected chi connectivity index (χ1v) is 4.33. The lowest BCUT2D eigenvalue weighted by Crippen LogP contribution is -2.38. The number of aliphatic carboxylic acids is 1. The first kappa shape index (κ1) is 9.14. The molecule has 2 rings (SSSR count). The maximum absolute atomic E-state index is 10.8. The van der Waals surface area contributed by atoms with E-state index in [9.17, 15) is 4.79 Å². The SMILES string of the molecule is O=C(O)C1NNNC1c1ccccc1. The molecule has 0 aromatic heterocycles. The van der Waals surface area contributed by atoms with Gasteiger partial charge in [-0.1, -0.05) is 30.3 Å². The maximum Gasteiger partial charge on any atom is 0.324 e. The van der Waals surface area contributed by atoms with E-state index in [1.807, 2.05) is 30.3 Å². The van der Waals surface area contributed by atoms with E-state index in [0.29, 0.717) is 0 Å². The third-order valence-corrected chi connectivity index (χ3v) is 2.21. The Balaban J connectivity index is 2.22. The average Bonchev–Trinajstić information content (AvgIpc) is 2.67. The number of hydrogen-bond donors (Lipinski definition) is 4. The Morgan fingerprint density at radius 3 is 2.57 bits per heavy atom. The Bertz CT molecular complexity index is 328. The minimum Gasteiger partial charge on any atom is -0.480 e. The fourth-order valence-electron chi connectivity index (χ4n) is 1.50. The van der Waals surface area contributed by atoms with Crippen LogP contribution in [-0.2, 0) is 4.79 Å². The van der Waals surface area contributed by atoms with Crippen molar-refractivity contribution in [2.75, 3.05) is 0 Å². The normalized spacial score (nSPS) is 26.3. The number of nitrogens with one attached hydrogen (secondary N) is 3. The number of rotatable bonds is 2. The Hall–Kier alpha value is -1.43. The van der Waals surface area contributed by atoms with E-state index >= 15 is 0 Å². The highest BCUT2D eigenvalue weighted by Gasteiger charge is 2.33. The highest BCUT2D eigenvalue weighted by molar-refractivity contribution is 5.75. The zero-order valence-corrected chi connectivity index (χ0v) is 7.40. The monoisotopic (exact) mass is 193 g/mol. The molecular weight excluding hydrogens is 182 g/mol. The summed E-state index contributed by atoms with van der Waals surface area (Å²) in [5.74, 6) is -0.878. The molecule has 0 aliphatic carbocycles. The lowest BCUT2D eigenvalue weighted by atomic mass is 10.0. The predicted molar refractivity (Wildman–Crippen MR) is 50.0 cm³/mol. The summed E-state index contributed by atoms with van der Waals surface area (Å²) >= 11 is 0. The minimum atomic E-state index is -0.878. The van der Waals surface area contributed by atoms with Gasteiger partial charge in [0.25, 0.3) is 0 Å². The Kier molecular flexibility index (Phi) is 2.45. The number of hydrazine groups is 2. The quantitative estimate of drug-likeness (QED) is 0.523. The van der Waals surface area contributed by atoms with Crippen molar-refractivity contribution in [2.45, 2.75) is 12.1 Å². The van der Waals surface area contributed by atoms with Crippen molar-refractivity contribution in [3.8, 4) is 0 Å². The second-order valence-corrected chi connectivity index (χ2v) is 3.12. The van der Waals surface area contributed by atoms with Crippen molar-refractivity contribution in [3.05, 3.63) is 35.9 Å². The van der Waals surface area contributed by atoms with Crippen LogP contribution < -0.4 is 16.4 Å². The van der Waals surface area contributed by atoms with Gasteiger partial charge < -0.3 is 5.11 Å². The van der Waals surface area contributed by atoms with Gasteiger partial charge in [0.05, 0.1) is 6.04 Å². The van der Waals surface area contributed by atoms with E-state index in [-0.39, 0.29) is 6.04 Å². The van der Waals surface area contributed by atoms with Crippen LogP contribution >= 0.6 is 0 Å². The van der Waals surface area contributed by atoms with Gasteiger partial charge in [-0.3, -0.25) is 4.79 Å². The number of carboxylic acids is 1. The molecular formula is C9H11N3O2. The largest absolute Gasteiger partial charge is 0.480 e. The topological polar surface area (TPSA) is 73.4 Å². The summed E-state index contributed by atoms with van der Waals surface area (Å²) in [6, 6.07) is 8.56. The van der Waals surface area contributed by atoms with Gasteiger partial charge in [0.1, 0.15) is 6.04 Å². The fourth-order valence-corrected chi connectivity index (χ4v) is 1.50. The lowest BCUT2D eigenvalue weighted by molar-refractivity contribution is -0.139. The van der Waals surface area contributed by atoms with E-state index in [1.165, 1.54) is 0 Å². The molecule has 74 valence electrons. The molecule has 0 spiro atoms. The van der Waals surface area contributed by atoms with Gasteiger partial charge in [0, 0.05) is 0 Å². The second kappa shape index (κ2) is 3.75. The average molecular weight is 193 g/mol. The molecule has 1 aliphatic heterocycles. The van der Waals surface area contributed by atoms with Crippen LogP contribution in [0, 0.1) is 0 Å². The van der Waals surface area contributed by atoms with Crippen molar-refractivity contribution in [3.63, 3.8) is 0 Å². The van der Waals surface area contributed by atoms with Crippen LogP contribution in [0.3, 0.4) is 0 Å².